The highest BCUT2D eigenvalue weighted by molar-refractivity contribution is 6.01. The Hall–Kier alpha value is -1.71. The summed E-state index contributed by atoms with van der Waals surface area (Å²) in [6.45, 7) is 4.20. The number of carbonyl (C=O) groups excluding carboxylic acids is 1. The Morgan fingerprint density at radius 3 is 1.85 bits per heavy atom. The van der Waals surface area contributed by atoms with Crippen LogP contribution >= 0.6 is 0 Å². The highest BCUT2D eigenvalue weighted by Gasteiger charge is 2.22. The predicted molar refractivity (Wildman–Crippen MR) is 79.1 cm³/mol. The second-order valence-corrected chi connectivity index (χ2v) is 4.72. The standard InChI is InChI=1S/C16H24O4/c1-6-11(7-2)8-13(17)16-14(19-4)9-12(18-3)10-15(16)20-5/h9-11H,6-8H2,1-5H3. The minimum atomic E-state index is 0.0510. The zero-order valence-corrected chi connectivity index (χ0v) is 13.0. The minimum Gasteiger partial charge on any atom is -0.496 e. The summed E-state index contributed by atoms with van der Waals surface area (Å²) in [5, 5.41) is 0. The second-order valence-electron chi connectivity index (χ2n) is 4.72. The molecule has 0 heterocycles. The topological polar surface area (TPSA) is 44.8 Å². The van der Waals surface area contributed by atoms with Gasteiger partial charge >= 0.3 is 0 Å². The normalized spacial score (nSPS) is 10.5. The monoisotopic (exact) mass is 280 g/mol. The van der Waals surface area contributed by atoms with Crippen molar-refractivity contribution in [3.05, 3.63) is 17.7 Å². The smallest absolute Gasteiger partial charge is 0.170 e. The fraction of sp³-hybridized carbons (Fsp3) is 0.562. The van der Waals surface area contributed by atoms with Crippen molar-refractivity contribution in [2.45, 2.75) is 33.1 Å². The van der Waals surface area contributed by atoms with Crippen LogP contribution < -0.4 is 14.2 Å². The van der Waals surface area contributed by atoms with Crippen molar-refractivity contribution in [3.8, 4) is 17.2 Å². The Balaban J connectivity index is 3.17. The molecule has 1 rings (SSSR count). The summed E-state index contributed by atoms with van der Waals surface area (Å²) in [6, 6.07) is 3.42. The molecule has 0 aliphatic carbocycles. The average molecular weight is 280 g/mol. The van der Waals surface area contributed by atoms with Crippen LogP contribution in [0.2, 0.25) is 0 Å². The number of benzene rings is 1. The van der Waals surface area contributed by atoms with Gasteiger partial charge in [0, 0.05) is 18.6 Å². The first-order valence-electron chi connectivity index (χ1n) is 6.94. The molecule has 4 nitrogen and oxygen atoms in total. The maximum atomic E-state index is 12.5. The van der Waals surface area contributed by atoms with Crippen molar-refractivity contribution in [1.29, 1.82) is 0 Å². The summed E-state index contributed by atoms with van der Waals surface area (Å²) in [5.41, 5.74) is 0.503. The van der Waals surface area contributed by atoms with Crippen LogP contribution in [0.5, 0.6) is 17.2 Å². The molecule has 0 aliphatic rings. The summed E-state index contributed by atoms with van der Waals surface area (Å²) < 4.78 is 15.8. The van der Waals surface area contributed by atoms with Gasteiger partial charge in [-0.15, -0.1) is 0 Å². The van der Waals surface area contributed by atoms with Gasteiger partial charge in [-0.1, -0.05) is 26.7 Å². The number of methoxy groups -OCH3 is 3. The van der Waals surface area contributed by atoms with Crippen molar-refractivity contribution in [1.82, 2.24) is 0 Å². The number of ether oxygens (including phenoxy) is 3. The van der Waals surface area contributed by atoms with E-state index in [1.54, 1.807) is 33.5 Å². The summed E-state index contributed by atoms with van der Waals surface area (Å²) in [7, 11) is 4.66. The van der Waals surface area contributed by atoms with E-state index >= 15 is 0 Å². The lowest BCUT2D eigenvalue weighted by molar-refractivity contribution is 0.0952. The van der Waals surface area contributed by atoms with E-state index in [1.807, 2.05) is 0 Å². The van der Waals surface area contributed by atoms with Crippen LogP contribution in [0.3, 0.4) is 0 Å². The number of rotatable bonds is 8. The van der Waals surface area contributed by atoms with E-state index in [1.165, 1.54) is 0 Å². The molecule has 0 fully saturated rings. The van der Waals surface area contributed by atoms with Crippen molar-refractivity contribution in [2.75, 3.05) is 21.3 Å². The molecule has 0 aromatic heterocycles. The third-order valence-corrected chi connectivity index (χ3v) is 3.62. The first-order chi connectivity index (χ1) is 9.60. The van der Waals surface area contributed by atoms with Crippen LogP contribution in [-0.2, 0) is 0 Å². The molecule has 0 radical (unpaired) electrons. The van der Waals surface area contributed by atoms with Crippen molar-refractivity contribution >= 4 is 5.78 Å². The molecular formula is C16H24O4. The summed E-state index contributed by atoms with van der Waals surface area (Å²) >= 11 is 0. The predicted octanol–water partition coefficient (Wildman–Crippen LogP) is 3.72. The van der Waals surface area contributed by atoms with Crippen molar-refractivity contribution in [3.63, 3.8) is 0 Å². The summed E-state index contributed by atoms with van der Waals surface area (Å²) in [6.07, 6.45) is 2.48. The number of hydrogen-bond donors (Lipinski definition) is 0. The fourth-order valence-corrected chi connectivity index (χ4v) is 2.22. The first kappa shape index (κ1) is 16.3. The van der Waals surface area contributed by atoms with Crippen LogP contribution in [0, 0.1) is 5.92 Å². The van der Waals surface area contributed by atoms with Gasteiger partial charge in [-0.3, -0.25) is 4.79 Å². The SMILES string of the molecule is CCC(CC)CC(=O)c1c(OC)cc(OC)cc1OC. The van der Waals surface area contributed by atoms with E-state index in [0.717, 1.165) is 12.8 Å². The highest BCUT2D eigenvalue weighted by atomic mass is 16.5. The van der Waals surface area contributed by atoms with Gasteiger partial charge in [-0.25, -0.2) is 0 Å². The van der Waals surface area contributed by atoms with Gasteiger partial charge in [-0.05, 0) is 5.92 Å². The molecule has 0 atom stereocenters. The van der Waals surface area contributed by atoms with Crippen LogP contribution in [0.15, 0.2) is 12.1 Å². The van der Waals surface area contributed by atoms with Gasteiger partial charge in [0.15, 0.2) is 5.78 Å². The zero-order valence-electron chi connectivity index (χ0n) is 13.0. The molecule has 0 aliphatic heterocycles. The minimum absolute atomic E-state index is 0.0510. The second kappa shape index (κ2) is 7.78. The molecule has 20 heavy (non-hydrogen) atoms. The molecular weight excluding hydrogens is 256 g/mol. The molecule has 0 amide bonds. The fourth-order valence-electron chi connectivity index (χ4n) is 2.22. The van der Waals surface area contributed by atoms with Crippen LogP contribution in [0.1, 0.15) is 43.5 Å². The maximum absolute atomic E-state index is 12.5. The summed E-state index contributed by atoms with van der Waals surface area (Å²) in [5.74, 6) is 2.04. The summed E-state index contributed by atoms with van der Waals surface area (Å²) in [4.78, 5) is 12.5. The Morgan fingerprint density at radius 1 is 1.00 bits per heavy atom. The molecule has 1 aromatic rings. The number of Topliss-reactive ketones (excluding diaryl/α,β-unsaturated/α-hetero) is 1. The van der Waals surface area contributed by atoms with Gasteiger partial charge in [0.2, 0.25) is 0 Å². The van der Waals surface area contributed by atoms with Gasteiger partial charge in [-0.2, -0.15) is 0 Å². The molecule has 0 spiro atoms. The molecule has 0 unspecified atom stereocenters. The number of hydrogen-bond acceptors (Lipinski definition) is 4. The molecule has 0 saturated heterocycles. The van der Waals surface area contributed by atoms with Gasteiger partial charge in [0.25, 0.3) is 0 Å². The Morgan fingerprint density at radius 2 is 1.50 bits per heavy atom. The first-order valence-corrected chi connectivity index (χ1v) is 6.94. The van der Waals surface area contributed by atoms with Gasteiger partial charge in [0.1, 0.15) is 22.8 Å². The lowest BCUT2D eigenvalue weighted by Gasteiger charge is -2.16. The van der Waals surface area contributed by atoms with Crippen molar-refractivity contribution in [2.24, 2.45) is 5.92 Å². The molecule has 4 heteroatoms. The zero-order chi connectivity index (χ0) is 15.1. The number of carbonyl (C=O) groups is 1. The van der Waals surface area contributed by atoms with E-state index in [0.29, 0.717) is 35.2 Å². The molecule has 1 aromatic carbocycles. The molecule has 0 bridgehead atoms. The lowest BCUT2D eigenvalue weighted by Crippen LogP contribution is -2.10. The molecule has 0 saturated carbocycles. The maximum Gasteiger partial charge on any atom is 0.170 e. The van der Waals surface area contributed by atoms with E-state index < -0.39 is 0 Å². The van der Waals surface area contributed by atoms with Gasteiger partial charge in [0.05, 0.1) is 21.3 Å². The third kappa shape index (κ3) is 3.65. The van der Waals surface area contributed by atoms with E-state index in [2.05, 4.69) is 13.8 Å². The highest BCUT2D eigenvalue weighted by Crippen LogP contribution is 2.35. The van der Waals surface area contributed by atoms with E-state index in [4.69, 9.17) is 14.2 Å². The van der Waals surface area contributed by atoms with E-state index in [-0.39, 0.29) is 5.78 Å². The van der Waals surface area contributed by atoms with Crippen molar-refractivity contribution < 1.29 is 19.0 Å². The largest absolute Gasteiger partial charge is 0.496 e. The van der Waals surface area contributed by atoms with Crippen LogP contribution in [0.4, 0.5) is 0 Å². The molecule has 0 N–H and O–H groups in total. The Kier molecular flexibility index (Phi) is 6.36. The average Bonchev–Trinajstić information content (AvgIpc) is 2.50. The third-order valence-electron chi connectivity index (χ3n) is 3.62. The Bertz CT molecular complexity index is 425. The molecule has 112 valence electrons. The van der Waals surface area contributed by atoms with Gasteiger partial charge < -0.3 is 14.2 Å². The van der Waals surface area contributed by atoms with Crippen LogP contribution in [0.25, 0.3) is 0 Å². The number of ketones is 1. The lowest BCUT2D eigenvalue weighted by atomic mass is 9.93. The Labute approximate surface area is 121 Å². The van der Waals surface area contributed by atoms with Crippen LogP contribution in [-0.4, -0.2) is 27.1 Å². The quantitative estimate of drug-likeness (QED) is 0.681. The van der Waals surface area contributed by atoms with E-state index in [9.17, 15) is 4.79 Å².